The molecule has 3 heterocycles. The van der Waals surface area contributed by atoms with Crippen LogP contribution in [-0.2, 0) is 10.0 Å². The summed E-state index contributed by atoms with van der Waals surface area (Å²) in [6.45, 7) is 5.35. The van der Waals surface area contributed by atoms with Crippen molar-refractivity contribution in [2.75, 3.05) is 28.9 Å². The van der Waals surface area contributed by atoms with E-state index in [9.17, 15) is 21.6 Å². The second-order valence-corrected chi connectivity index (χ2v) is 12.1. The number of anilines is 2. The molecule has 1 aliphatic heterocycles. The number of alkyl halides is 3. The molecule has 1 aliphatic rings. The molecule has 1 saturated heterocycles. The molecule has 222 valence electrons. The minimum absolute atomic E-state index is 0.199. The van der Waals surface area contributed by atoms with Crippen molar-refractivity contribution in [3.05, 3.63) is 66.0 Å². The van der Waals surface area contributed by atoms with Crippen molar-refractivity contribution >= 4 is 32.4 Å². The predicted octanol–water partition coefficient (Wildman–Crippen LogP) is 5.96. The molecule has 3 N–H and O–H groups in total. The number of piperidine rings is 1. The van der Waals surface area contributed by atoms with Crippen LogP contribution in [0.3, 0.4) is 0 Å². The molecule has 0 spiro atoms. The van der Waals surface area contributed by atoms with Crippen molar-refractivity contribution in [2.24, 2.45) is 0 Å². The summed E-state index contributed by atoms with van der Waals surface area (Å²) >= 11 is 0. The molecule has 0 saturated carbocycles. The largest absolute Gasteiger partial charge is 0.437 e. The molecule has 1 atom stereocenters. The van der Waals surface area contributed by atoms with E-state index in [2.05, 4.69) is 25.3 Å². The summed E-state index contributed by atoms with van der Waals surface area (Å²) in [5.41, 5.74) is 2.74. The van der Waals surface area contributed by atoms with Gasteiger partial charge in [0.05, 0.1) is 29.1 Å². The topological polar surface area (TPSA) is 118 Å². The van der Waals surface area contributed by atoms with Gasteiger partial charge in [-0.2, -0.15) is 13.2 Å². The lowest BCUT2D eigenvalue weighted by Crippen LogP contribution is -2.38. The normalized spacial score (nSPS) is 15.9. The first-order valence-corrected chi connectivity index (χ1v) is 15.2. The van der Waals surface area contributed by atoms with Gasteiger partial charge in [0.2, 0.25) is 21.9 Å². The quantitative estimate of drug-likeness (QED) is 0.216. The summed E-state index contributed by atoms with van der Waals surface area (Å²) in [6.07, 6.45) is -0.687. The number of aryl methyl sites for hydroxylation is 2. The highest BCUT2D eigenvalue weighted by molar-refractivity contribution is 7.92. The van der Waals surface area contributed by atoms with Gasteiger partial charge in [0.15, 0.2) is 0 Å². The van der Waals surface area contributed by atoms with Crippen LogP contribution in [0.25, 0.3) is 22.0 Å². The monoisotopic (exact) mass is 600 g/mol. The number of hydrogen-bond donors (Lipinski definition) is 3. The zero-order chi connectivity index (χ0) is 29.9. The second kappa shape index (κ2) is 12.1. The van der Waals surface area contributed by atoms with Crippen LogP contribution in [0.15, 0.2) is 54.9 Å². The molecule has 13 heteroatoms. The summed E-state index contributed by atoms with van der Waals surface area (Å²) < 4.78 is 72.0. The van der Waals surface area contributed by atoms with E-state index in [1.54, 1.807) is 55.7 Å². The third kappa shape index (κ3) is 7.08. The van der Waals surface area contributed by atoms with Crippen LogP contribution in [0.1, 0.15) is 30.4 Å². The van der Waals surface area contributed by atoms with Crippen LogP contribution in [0.4, 0.5) is 24.8 Å². The smallest absolute Gasteiger partial charge is 0.390 e. The number of ether oxygens (including phenoxy) is 1. The Bertz CT molecular complexity index is 1690. The maximum absolute atomic E-state index is 12.7. The van der Waals surface area contributed by atoms with Gasteiger partial charge >= 0.3 is 6.18 Å². The molecule has 2 aromatic carbocycles. The van der Waals surface area contributed by atoms with Crippen molar-refractivity contribution in [1.29, 1.82) is 0 Å². The van der Waals surface area contributed by atoms with E-state index >= 15 is 0 Å². The molecule has 42 heavy (non-hydrogen) atoms. The van der Waals surface area contributed by atoms with Crippen molar-refractivity contribution in [3.8, 4) is 22.9 Å². The Morgan fingerprint density at radius 3 is 2.57 bits per heavy atom. The average Bonchev–Trinajstić information content (AvgIpc) is 2.95. The summed E-state index contributed by atoms with van der Waals surface area (Å²) in [6, 6.07) is 12.6. The molecular weight excluding hydrogens is 569 g/mol. The molecule has 1 fully saturated rings. The third-order valence-corrected chi connectivity index (χ3v) is 8.26. The number of rotatable bonds is 9. The number of sulfonamides is 1. The first kappa shape index (κ1) is 29.5. The number of nitrogens with zero attached hydrogens (tertiary/aromatic N) is 3. The number of hydrogen-bond acceptors (Lipinski definition) is 8. The maximum atomic E-state index is 12.7. The minimum Gasteiger partial charge on any atom is -0.437 e. The van der Waals surface area contributed by atoms with E-state index in [0.29, 0.717) is 39.3 Å². The van der Waals surface area contributed by atoms with Gasteiger partial charge in [0.25, 0.3) is 0 Å². The molecule has 0 radical (unpaired) electrons. The average molecular weight is 601 g/mol. The highest BCUT2D eigenvalue weighted by atomic mass is 32.2. The molecule has 0 unspecified atom stereocenters. The Labute approximate surface area is 242 Å². The van der Waals surface area contributed by atoms with E-state index in [4.69, 9.17) is 9.72 Å². The lowest BCUT2D eigenvalue weighted by Gasteiger charge is -2.23. The Morgan fingerprint density at radius 2 is 1.81 bits per heavy atom. The van der Waals surface area contributed by atoms with Crippen molar-refractivity contribution in [3.63, 3.8) is 0 Å². The van der Waals surface area contributed by atoms with Crippen LogP contribution < -0.4 is 20.1 Å². The third-order valence-electron chi connectivity index (χ3n) is 7.00. The molecule has 5 rings (SSSR count). The summed E-state index contributed by atoms with van der Waals surface area (Å²) in [7, 11) is -4.27. The summed E-state index contributed by atoms with van der Waals surface area (Å²) in [4.78, 5) is 13.5. The number of benzene rings is 2. The van der Waals surface area contributed by atoms with Crippen molar-refractivity contribution in [2.45, 2.75) is 45.3 Å². The van der Waals surface area contributed by atoms with Crippen LogP contribution in [0.2, 0.25) is 0 Å². The lowest BCUT2D eigenvalue weighted by molar-refractivity contribution is -0.129. The summed E-state index contributed by atoms with van der Waals surface area (Å²) in [5, 5.41) is 7.79. The number of pyridine rings is 1. The van der Waals surface area contributed by atoms with Crippen molar-refractivity contribution in [1.82, 2.24) is 20.3 Å². The predicted molar refractivity (Wildman–Crippen MR) is 156 cm³/mol. The van der Waals surface area contributed by atoms with Crippen LogP contribution in [0.5, 0.6) is 11.6 Å². The zero-order valence-corrected chi connectivity index (χ0v) is 23.9. The van der Waals surface area contributed by atoms with E-state index in [1.165, 1.54) is 0 Å². The maximum Gasteiger partial charge on any atom is 0.390 e. The van der Waals surface area contributed by atoms with Crippen LogP contribution >= 0.6 is 0 Å². The number of aromatic nitrogens is 3. The standard InChI is InChI=1S/C29H31F3N6O3S/c1-18-7-10-22-21(25(18)38-42(39,40)16-12-29(30,31)32)9-8-19(2)26(22)41-27-23(6-4-14-34-27)24-11-15-35-28(37-24)36-20-5-3-13-33-17-20/h4,6-11,14-15,20,33,38H,3,5,12-13,16-17H2,1-2H3,(H,35,36,37)/t20-/m0/s1. The lowest BCUT2D eigenvalue weighted by atomic mass is 10.0. The van der Waals surface area contributed by atoms with Crippen LogP contribution in [-0.4, -0.2) is 54.4 Å². The molecule has 0 amide bonds. The fourth-order valence-electron chi connectivity index (χ4n) is 4.82. The van der Waals surface area contributed by atoms with Gasteiger partial charge in [-0.05, 0) is 62.6 Å². The molecule has 9 nitrogen and oxygen atoms in total. The fourth-order valence-corrected chi connectivity index (χ4v) is 6.01. The van der Waals surface area contributed by atoms with E-state index < -0.39 is 28.4 Å². The van der Waals surface area contributed by atoms with Crippen molar-refractivity contribution < 1.29 is 26.3 Å². The van der Waals surface area contributed by atoms with E-state index in [-0.39, 0.29) is 17.6 Å². The molecule has 4 aromatic rings. The number of halogens is 3. The highest BCUT2D eigenvalue weighted by Gasteiger charge is 2.30. The van der Waals surface area contributed by atoms with Gasteiger partial charge < -0.3 is 15.4 Å². The van der Waals surface area contributed by atoms with Gasteiger partial charge in [-0.25, -0.2) is 23.4 Å². The summed E-state index contributed by atoms with van der Waals surface area (Å²) in [5.74, 6) is 0.135. The highest BCUT2D eigenvalue weighted by Crippen LogP contribution is 2.40. The first-order valence-electron chi connectivity index (χ1n) is 13.5. The Morgan fingerprint density at radius 1 is 1.02 bits per heavy atom. The molecule has 2 aromatic heterocycles. The Balaban J connectivity index is 1.48. The van der Waals surface area contributed by atoms with Crippen LogP contribution in [0, 0.1) is 13.8 Å². The van der Waals surface area contributed by atoms with Gasteiger partial charge in [0.1, 0.15) is 5.75 Å². The fraction of sp³-hybridized carbons (Fsp3) is 0.345. The Kier molecular flexibility index (Phi) is 8.50. The molecular formula is C29H31F3N6O3S. The van der Waals surface area contributed by atoms with Gasteiger partial charge in [-0.15, -0.1) is 0 Å². The number of nitrogens with one attached hydrogen (secondary N) is 3. The van der Waals surface area contributed by atoms with E-state index in [0.717, 1.165) is 31.5 Å². The minimum atomic E-state index is -4.59. The Hall–Kier alpha value is -3.97. The zero-order valence-electron chi connectivity index (χ0n) is 23.1. The van der Waals surface area contributed by atoms with E-state index in [1.807, 2.05) is 13.0 Å². The SMILES string of the molecule is Cc1ccc2c(Oc3ncccc3-c3ccnc(N[C@H]4CCCNC4)n3)c(C)ccc2c1NS(=O)(=O)CCC(F)(F)F. The van der Waals surface area contributed by atoms with Gasteiger partial charge in [0, 0.05) is 35.8 Å². The van der Waals surface area contributed by atoms with Gasteiger partial charge in [-0.3, -0.25) is 4.72 Å². The molecule has 0 aliphatic carbocycles. The second-order valence-electron chi connectivity index (χ2n) is 10.3. The first-order chi connectivity index (χ1) is 20.0. The molecule has 0 bridgehead atoms. The number of fused-ring (bicyclic) bond motifs is 1. The van der Waals surface area contributed by atoms with Gasteiger partial charge in [-0.1, -0.05) is 24.3 Å².